The highest BCUT2D eigenvalue weighted by Crippen LogP contribution is 2.29. The Morgan fingerprint density at radius 2 is 1.83 bits per heavy atom. The van der Waals surface area contributed by atoms with E-state index < -0.39 is 42.4 Å². The molecule has 1 aromatic rings. The van der Waals surface area contributed by atoms with E-state index in [9.17, 15) is 14.4 Å². The molecule has 0 saturated carbocycles. The van der Waals surface area contributed by atoms with Gasteiger partial charge in [-0.15, -0.1) is 10.2 Å². The maximum atomic E-state index is 11.4. The Balaban J connectivity index is 2.18. The lowest BCUT2D eigenvalue weighted by atomic mass is 10.1. The third-order valence-corrected chi connectivity index (χ3v) is 3.61. The van der Waals surface area contributed by atoms with E-state index in [4.69, 9.17) is 18.9 Å². The van der Waals surface area contributed by atoms with E-state index >= 15 is 0 Å². The van der Waals surface area contributed by atoms with Gasteiger partial charge in [0.1, 0.15) is 18.2 Å². The molecule has 4 unspecified atom stereocenters. The van der Waals surface area contributed by atoms with Crippen LogP contribution in [0.25, 0.3) is 0 Å². The van der Waals surface area contributed by atoms with Crippen molar-refractivity contribution in [1.82, 2.24) is 10.2 Å². The van der Waals surface area contributed by atoms with Crippen molar-refractivity contribution in [3.05, 3.63) is 5.51 Å². The molecule has 1 aromatic heterocycles. The maximum Gasteiger partial charge on any atom is 0.303 e. The first-order valence-electron chi connectivity index (χ1n) is 7.02. The van der Waals surface area contributed by atoms with Gasteiger partial charge in [0.2, 0.25) is 5.13 Å². The zero-order valence-electron chi connectivity index (χ0n) is 13.3. The van der Waals surface area contributed by atoms with Crippen molar-refractivity contribution >= 4 is 34.4 Å². The third-order valence-electron chi connectivity index (χ3n) is 2.99. The van der Waals surface area contributed by atoms with Crippen molar-refractivity contribution in [2.75, 3.05) is 11.9 Å². The van der Waals surface area contributed by atoms with Crippen molar-refractivity contribution in [2.45, 2.75) is 45.3 Å². The molecule has 1 aliphatic heterocycles. The zero-order valence-corrected chi connectivity index (χ0v) is 14.1. The Labute approximate surface area is 141 Å². The lowest BCUT2D eigenvalue weighted by Gasteiger charge is -2.23. The lowest BCUT2D eigenvalue weighted by molar-refractivity contribution is -0.165. The Morgan fingerprint density at radius 3 is 2.38 bits per heavy atom. The second kappa shape index (κ2) is 8.02. The molecular weight excluding hydrogens is 342 g/mol. The Bertz CT molecular complexity index is 594. The minimum absolute atomic E-state index is 0.153. The van der Waals surface area contributed by atoms with Crippen LogP contribution in [-0.2, 0) is 33.3 Å². The average Bonchev–Trinajstić information content (AvgIpc) is 3.07. The second-order valence-electron chi connectivity index (χ2n) is 4.93. The molecule has 1 N–H and O–H groups in total. The summed E-state index contributed by atoms with van der Waals surface area (Å²) < 4.78 is 21.1. The Hall–Kier alpha value is -2.27. The molecule has 0 spiro atoms. The molecule has 1 aliphatic rings. The van der Waals surface area contributed by atoms with Crippen LogP contribution in [0.15, 0.2) is 5.51 Å². The summed E-state index contributed by atoms with van der Waals surface area (Å²) in [5.41, 5.74) is 1.51. The predicted molar refractivity (Wildman–Crippen MR) is 79.9 cm³/mol. The van der Waals surface area contributed by atoms with E-state index in [0.29, 0.717) is 5.13 Å². The molecule has 4 atom stereocenters. The van der Waals surface area contributed by atoms with E-state index in [1.807, 2.05) is 0 Å². The molecule has 24 heavy (non-hydrogen) atoms. The van der Waals surface area contributed by atoms with Gasteiger partial charge in [-0.05, 0) is 0 Å². The number of hydrogen-bond donors (Lipinski definition) is 1. The van der Waals surface area contributed by atoms with Gasteiger partial charge in [0.15, 0.2) is 18.4 Å². The van der Waals surface area contributed by atoms with Crippen molar-refractivity contribution in [2.24, 2.45) is 0 Å². The van der Waals surface area contributed by atoms with Gasteiger partial charge < -0.3 is 24.3 Å². The van der Waals surface area contributed by atoms with Crippen LogP contribution >= 0.6 is 11.3 Å². The van der Waals surface area contributed by atoms with Gasteiger partial charge in [-0.1, -0.05) is 11.3 Å². The fourth-order valence-electron chi connectivity index (χ4n) is 2.19. The number of carbonyl (C=O) groups is 3. The van der Waals surface area contributed by atoms with Gasteiger partial charge in [0.25, 0.3) is 0 Å². The highest BCUT2D eigenvalue weighted by Gasteiger charge is 2.50. The Kier molecular flexibility index (Phi) is 6.04. The van der Waals surface area contributed by atoms with Gasteiger partial charge in [0, 0.05) is 20.8 Å². The number of rotatable bonds is 6. The van der Waals surface area contributed by atoms with Crippen molar-refractivity contribution < 1.29 is 33.3 Å². The van der Waals surface area contributed by atoms with Crippen LogP contribution < -0.4 is 5.32 Å². The monoisotopic (exact) mass is 359 g/mol. The molecule has 1 saturated heterocycles. The summed E-state index contributed by atoms with van der Waals surface area (Å²) in [6.45, 7) is 3.54. The van der Waals surface area contributed by atoms with Gasteiger partial charge in [-0.25, -0.2) is 0 Å². The summed E-state index contributed by atoms with van der Waals surface area (Å²) in [5.74, 6) is -1.66. The normalized spacial score (nSPS) is 25.8. The average molecular weight is 359 g/mol. The van der Waals surface area contributed by atoms with E-state index in [1.165, 1.54) is 37.6 Å². The molecule has 0 aromatic carbocycles. The summed E-state index contributed by atoms with van der Waals surface area (Å²) in [7, 11) is 0. The number of carbonyl (C=O) groups excluding carboxylic acids is 3. The molecule has 2 rings (SSSR count). The van der Waals surface area contributed by atoms with E-state index in [1.54, 1.807) is 0 Å². The number of hydrogen-bond acceptors (Lipinski definition) is 11. The largest absolute Gasteiger partial charge is 0.463 e. The highest BCUT2D eigenvalue weighted by atomic mass is 32.1. The number of aromatic nitrogens is 2. The first kappa shape index (κ1) is 18.1. The van der Waals surface area contributed by atoms with Crippen LogP contribution in [0.2, 0.25) is 0 Å². The van der Waals surface area contributed by atoms with Crippen molar-refractivity contribution in [3.63, 3.8) is 0 Å². The lowest BCUT2D eigenvalue weighted by Crippen LogP contribution is -2.43. The van der Waals surface area contributed by atoms with Gasteiger partial charge in [-0.2, -0.15) is 0 Å². The van der Waals surface area contributed by atoms with E-state index in [-0.39, 0.29) is 6.61 Å². The smallest absolute Gasteiger partial charge is 0.303 e. The summed E-state index contributed by atoms with van der Waals surface area (Å²) in [6.07, 6.45) is -3.51. The molecule has 0 radical (unpaired) electrons. The number of ether oxygens (including phenoxy) is 4. The molecule has 1 fully saturated rings. The molecule has 0 bridgehead atoms. The number of nitrogens with one attached hydrogen (secondary N) is 1. The topological polar surface area (TPSA) is 126 Å². The van der Waals surface area contributed by atoms with Crippen LogP contribution in [0.4, 0.5) is 5.13 Å². The third kappa shape index (κ3) is 4.86. The van der Waals surface area contributed by atoms with Gasteiger partial charge in [-0.3, -0.25) is 14.4 Å². The second-order valence-corrected chi connectivity index (χ2v) is 5.77. The summed E-state index contributed by atoms with van der Waals surface area (Å²) in [5, 5.41) is 10.9. The number of anilines is 1. The predicted octanol–water partition coefficient (Wildman–Crippen LogP) is 0.101. The van der Waals surface area contributed by atoms with Crippen LogP contribution in [0.3, 0.4) is 0 Å². The molecule has 2 heterocycles. The molecule has 132 valence electrons. The quantitative estimate of drug-likeness (QED) is 0.552. The fraction of sp³-hybridized carbons (Fsp3) is 0.615. The minimum atomic E-state index is -0.934. The Morgan fingerprint density at radius 1 is 1.17 bits per heavy atom. The SMILES string of the molecule is CC(=O)OCC1OC(Nc2nncs2)C(OC(C)=O)C1OC(C)=O. The number of nitrogens with zero attached hydrogens (tertiary/aromatic N) is 2. The molecule has 0 amide bonds. The van der Waals surface area contributed by atoms with Crippen LogP contribution in [0.1, 0.15) is 20.8 Å². The van der Waals surface area contributed by atoms with Crippen molar-refractivity contribution in [1.29, 1.82) is 0 Å². The first-order valence-corrected chi connectivity index (χ1v) is 7.90. The minimum Gasteiger partial charge on any atom is -0.463 e. The van der Waals surface area contributed by atoms with Crippen LogP contribution in [-0.4, -0.2) is 59.3 Å². The summed E-state index contributed by atoms with van der Waals surface area (Å²) in [4.78, 5) is 33.8. The highest BCUT2D eigenvalue weighted by molar-refractivity contribution is 7.13. The van der Waals surface area contributed by atoms with Crippen LogP contribution in [0, 0.1) is 0 Å². The standard InChI is InChI=1S/C13H17N3O7S/c1-6(17)20-4-9-10(21-7(2)18)11(22-8(3)19)12(23-9)15-13-16-14-5-24-13/h5,9-12H,4H2,1-3H3,(H,15,16). The molecular formula is C13H17N3O7S. The summed E-state index contributed by atoms with van der Waals surface area (Å²) >= 11 is 1.22. The van der Waals surface area contributed by atoms with Crippen molar-refractivity contribution in [3.8, 4) is 0 Å². The van der Waals surface area contributed by atoms with E-state index in [0.717, 1.165) is 0 Å². The fourth-order valence-corrected chi connectivity index (χ4v) is 2.66. The zero-order chi connectivity index (χ0) is 17.7. The van der Waals surface area contributed by atoms with Gasteiger partial charge in [0.05, 0.1) is 0 Å². The maximum absolute atomic E-state index is 11.4. The van der Waals surface area contributed by atoms with Gasteiger partial charge >= 0.3 is 17.9 Å². The number of esters is 3. The van der Waals surface area contributed by atoms with E-state index in [2.05, 4.69) is 15.5 Å². The molecule has 10 nitrogen and oxygen atoms in total. The molecule has 0 aliphatic carbocycles. The summed E-state index contributed by atoms with van der Waals surface area (Å²) in [6, 6.07) is 0. The first-order chi connectivity index (χ1) is 11.4. The molecule has 11 heteroatoms. The van der Waals surface area contributed by atoms with Crippen LogP contribution in [0.5, 0.6) is 0 Å².